The molecule has 3 aromatic rings. The minimum absolute atomic E-state index is 0.685. The van der Waals surface area contributed by atoms with Crippen molar-refractivity contribution in [1.82, 2.24) is 4.98 Å². The fraction of sp³-hybridized carbons (Fsp3) is 0.118. The van der Waals surface area contributed by atoms with Gasteiger partial charge in [-0.05, 0) is 55.8 Å². The van der Waals surface area contributed by atoms with Gasteiger partial charge in [-0.1, -0.05) is 11.6 Å². The number of aryl methyl sites for hydroxylation is 2. The van der Waals surface area contributed by atoms with Crippen molar-refractivity contribution in [1.29, 1.82) is 0 Å². The van der Waals surface area contributed by atoms with Crippen LogP contribution in [0, 0.1) is 13.8 Å². The van der Waals surface area contributed by atoms with Crippen LogP contribution in [0.15, 0.2) is 42.5 Å². The average molecular weight is 299 g/mol. The molecule has 2 aromatic carbocycles. The second kappa shape index (κ2) is 5.26. The molecule has 3 rings (SSSR count). The zero-order valence-electron chi connectivity index (χ0n) is 11.9. The number of nitrogens with zero attached hydrogens (tertiary/aromatic N) is 1. The molecule has 0 spiro atoms. The summed E-state index contributed by atoms with van der Waals surface area (Å²) in [5.74, 6) is 1.48. The largest absolute Gasteiger partial charge is 0.457 e. The standard InChI is InChI=1S/C17H15ClN2O/c1-10-7-13(4-5-15(10)18)21-17-8-11(2)20-16-6-3-12(19)9-14(16)17/h3-9H,19H2,1-2H3. The minimum atomic E-state index is 0.685. The van der Waals surface area contributed by atoms with Crippen LogP contribution in [0.25, 0.3) is 10.9 Å². The molecule has 2 N–H and O–H groups in total. The average Bonchev–Trinajstić information content (AvgIpc) is 2.43. The number of halogens is 1. The monoisotopic (exact) mass is 298 g/mol. The number of aromatic nitrogens is 1. The Hall–Kier alpha value is -2.26. The summed E-state index contributed by atoms with van der Waals surface area (Å²) < 4.78 is 6.01. The summed E-state index contributed by atoms with van der Waals surface area (Å²) in [6, 6.07) is 13.1. The summed E-state index contributed by atoms with van der Waals surface area (Å²) in [7, 11) is 0. The zero-order valence-corrected chi connectivity index (χ0v) is 12.6. The van der Waals surface area contributed by atoms with Gasteiger partial charge >= 0.3 is 0 Å². The van der Waals surface area contributed by atoms with Crippen LogP contribution in [-0.2, 0) is 0 Å². The lowest BCUT2D eigenvalue weighted by Crippen LogP contribution is -1.93. The minimum Gasteiger partial charge on any atom is -0.457 e. The van der Waals surface area contributed by atoms with Gasteiger partial charge in [-0.25, -0.2) is 0 Å². The van der Waals surface area contributed by atoms with Gasteiger partial charge in [0.05, 0.1) is 5.52 Å². The first kappa shape index (κ1) is 13.7. The number of nitrogen functional groups attached to an aromatic ring is 1. The highest BCUT2D eigenvalue weighted by Crippen LogP contribution is 2.32. The van der Waals surface area contributed by atoms with Gasteiger partial charge in [-0.2, -0.15) is 0 Å². The summed E-state index contributed by atoms with van der Waals surface area (Å²) in [6.45, 7) is 3.89. The third kappa shape index (κ3) is 2.78. The molecular formula is C17H15ClN2O. The summed E-state index contributed by atoms with van der Waals surface area (Å²) >= 11 is 6.04. The maximum Gasteiger partial charge on any atom is 0.138 e. The van der Waals surface area contributed by atoms with Crippen molar-refractivity contribution in [2.75, 3.05) is 5.73 Å². The summed E-state index contributed by atoms with van der Waals surface area (Å²) in [5, 5.41) is 1.62. The number of nitrogens with two attached hydrogens (primary N) is 1. The maximum absolute atomic E-state index is 6.04. The van der Waals surface area contributed by atoms with Gasteiger partial charge in [0.15, 0.2) is 0 Å². The number of benzene rings is 2. The third-order valence-electron chi connectivity index (χ3n) is 3.28. The van der Waals surface area contributed by atoms with Crippen LogP contribution in [-0.4, -0.2) is 4.98 Å². The Morgan fingerprint density at radius 3 is 2.62 bits per heavy atom. The van der Waals surface area contributed by atoms with Crippen LogP contribution in [0.1, 0.15) is 11.3 Å². The van der Waals surface area contributed by atoms with Crippen LogP contribution in [0.4, 0.5) is 5.69 Å². The van der Waals surface area contributed by atoms with E-state index in [0.717, 1.165) is 38.7 Å². The number of rotatable bonds is 2. The van der Waals surface area contributed by atoms with E-state index in [4.69, 9.17) is 22.1 Å². The van der Waals surface area contributed by atoms with E-state index in [1.54, 1.807) is 0 Å². The molecule has 0 amide bonds. The number of hydrogen-bond donors (Lipinski definition) is 1. The van der Waals surface area contributed by atoms with Crippen molar-refractivity contribution in [2.24, 2.45) is 0 Å². The van der Waals surface area contributed by atoms with Crippen LogP contribution >= 0.6 is 11.6 Å². The van der Waals surface area contributed by atoms with Crippen LogP contribution in [0.5, 0.6) is 11.5 Å². The van der Waals surface area contributed by atoms with Gasteiger partial charge in [-0.3, -0.25) is 4.98 Å². The first-order chi connectivity index (χ1) is 10.0. The molecule has 0 atom stereocenters. The van der Waals surface area contributed by atoms with Crippen molar-refractivity contribution in [3.05, 3.63) is 58.7 Å². The van der Waals surface area contributed by atoms with Gasteiger partial charge in [0.25, 0.3) is 0 Å². The number of ether oxygens (including phenoxy) is 1. The lowest BCUT2D eigenvalue weighted by atomic mass is 10.1. The highest BCUT2D eigenvalue weighted by molar-refractivity contribution is 6.31. The van der Waals surface area contributed by atoms with Crippen LogP contribution < -0.4 is 10.5 Å². The van der Waals surface area contributed by atoms with E-state index in [1.807, 2.05) is 56.3 Å². The van der Waals surface area contributed by atoms with Crippen molar-refractivity contribution < 1.29 is 4.74 Å². The number of pyridine rings is 1. The van der Waals surface area contributed by atoms with Gasteiger partial charge in [-0.15, -0.1) is 0 Å². The normalized spacial score (nSPS) is 10.8. The molecule has 106 valence electrons. The van der Waals surface area contributed by atoms with E-state index in [0.29, 0.717) is 5.69 Å². The second-order valence-electron chi connectivity index (χ2n) is 5.05. The third-order valence-corrected chi connectivity index (χ3v) is 3.70. The van der Waals surface area contributed by atoms with Gasteiger partial charge in [0.2, 0.25) is 0 Å². The fourth-order valence-corrected chi connectivity index (χ4v) is 2.35. The van der Waals surface area contributed by atoms with E-state index >= 15 is 0 Å². The summed E-state index contributed by atoms with van der Waals surface area (Å²) in [5.41, 5.74) is 9.29. The maximum atomic E-state index is 6.04. The molecule has 0 fully saturated rings. The predicted octanol–water partition coefficient (Wildman–Crippen LogP) is 4.88. The van der Waals surface area contributed by atoms with E-state index < -0.39 is 0 Å². The van der Waals surface area contributed by atoms with E-state index in [1.165, 1.54) is 0 Å². The molecule has 4 heteroatoms. The SMILES string of the molecule is Cc1cc(Oc2ccc(Cl)c(C)c2)c2cc(N)ccc2n1. The van der Waals surface area contributed by atoms with E-state index in [-0.39, 0.29) is 0 Å². The van der Waals surface area contributed by atoms with Gasteiger partial charge < -0.3 is 10.5 Å². The first-order valence-corrected chi connectivity index (χ1v) is 7.01. The quantitative estimate of drug-likeness (QED) is 0.686. The molecule has 3 nitrogen and oxygen atoms in total. The van der Waals surface area contributed by atoms with Gasteiger partial charge in [0.1, 0.15) is 11.5 Å². The molecule has 1 heterocycles. The van der Waals surface area contributed by atoms with Crippen molar-refractivity contribution in [3.63, 3.8) is 0 Å². The molecule has 0 bridgehead atoms. The Balaban J connectivity index is 2.10. The zero-order chi connectivity index (χ0) is 15.0. The smallest absolute Gasteiger partial charge is 0.138 e. The lowest BCUT2D eigenvalue weighted by molar-refractivity contribution is 0.487. The molecule has 1 aromatic heterocycles. The molecule has 0 unspecified atom stereocenters. The summed E-state index contributed by atoms with van der Waals surface area (Å²) in [6.07, 6.45) is 0. The molecule has 0 aliphatic heterocycles. The van der Waals surface area contributed by atoms with Gasteiger partial charge in [0, 0.05) is 27.9 Å². The number of fused-ring (bicyclic) bond motifs is 1. The van der Waals surface area contributed by atoms with E-state index in [9.17, 15) is 0 Å². The number of anilines is 1. The second-order valence-corrected chi connectivity index (χ2v) is 5.46. The van der Waals surface area contributed by atoms with Crippen LogP contribution in [0.3, 0.4) is 0 Å². The first-order valence-electron chi connectivity index (χ1n) is 6.64. The van der Waals surface area contributed by atoms with E-state index in [2.05, 4.69) is 4.98 Å². The molecule has 0 aliphatic carbocycles. The molecule has 0 saturated heterocycles. The fourth-order valence-electron chi connectivity index (χ4n) is 2.23. The number of hydrogen-bond acceptors (Lipinski definition) is 3. The Morgan fingerprint density at radius 2 is 1.86 bits per heavy atom. The summed E-state index contributed by atoms with van der Waals surface area (Å²) in [4.78, 5) is 4.49. The predicted molar refractivity (Wildman–Crippen MR) is 87.2 cm³/mol. The molecular weight excluding hydrogens is 284 g/mol. The molecule has 0 saturated carbocycles. The Bertz CT molecular complexity index is 830. The van der Waals surface area contributed by atoms with Crippen molar-refractivity contribution in [3.8, 4) is 11.5 Å². The van der Waals surface area contributed by atoms with Crippen molar-refractivity contribution in [2.45, 2.75) is 13.8 Å². The van der Waals surface area contributed by atoms with Crippen LogP contribution in [0.2, 0.25) is 5.02 Å². The lowest BCUT2D eigenvalue weighted by Gasteiger charge is -2.11. The Labute approximate surface area is 128 Å². The topological polar surface area (TPSA) is 48.1 Å². The molecule has 0 aliphatic rings. The highest BCUT2D eigenvalue weighted by Gasteiger charge is 2.08. The highest BCUT2D eigenvalue weighted by atomic mass is 35.5. The van der Waals surface area contributed by atoms with Crippen molar-refractivity contribution >= 4 is 28.2 Å². The Morgan fingerprint density at radius 1 is 1.05 bits per heavy atom. The molecule has 21 heavy (non-hydrogen) atoms. The Kier molecular flexibility index (Phi) is 3.43. The molecule has 0 radical (unpaired) electrons.